The molecule has 0 bridgehead atoms. The number of nitrogens with one attached hydrogen (secondary N) is 1. The number of hydrogen-bond donors (Lipinski definition) is 1. The summed E-state index contributed by atoms with van der Waals surface area (Å²) < 4.78 is 11.7. The second-order valence-electron chi connectivity index (χ2n) is 6.11. The predicted octanol–water partition coefficient (Wildman–Crippen LogP) is 4.81. The Hall–Kier alpha value is -1.86. The van der Waals surface area contributed by atoms with Gasteiger partial charge in [0.2, 0.25) is 0 Å². The molecule has 3 aromatic rings. The smallest absolute Gasteiger partial charge is 0.190 e. The third kappa shape index (κ3) is 3.25. The topological polar surface area (TPSA) is 56.3 Å². The van der Waals surface area contributed by atoms with Crippen LogP contribution < -0.4 is 14.8 Å². The monoisotopic (exact) mass is 349 g/mol. The second-order valence-corrected chi connectivity index (χ2v) is 8.00. The highest BCUT2D eigenvalue weighted by molar-refractivity contribution is 7.22. The first-order chi connectivity index (χ1) is 10.9. The van der Waals surface area contributed by atoms with E-state index in [0.717, 1.165) is 31.9 Å². The summed E-state index contributed by atoms with van der Waals surface area (Å²) >= 11 is 3.14. The molecule has 0 aliphatic carbocycles. The maximum absolute atomic E-state index is 5.41. The Labute approximate surface area is 143 Å². The molecule has 0 spiro atoms. The number of anilines is 2. The maximum Gasteiger partial charge on any atom is 0.190 e. The lowest BCUT2D eigenvalue weighted by Crippen LogP contribution is -2.11. The molecular weight excluding hydrogens is 330 g/mol. The van der Waals surface area contributed by atoms with Crippen LogP contribution in [0.25, 0.3) is 10.2 Å². The minimum Gasteiger partial charge on any atom is -0.497 e. The highest BCUT2D eigenvalue weighted by atomic mass is 32.1. The number of benzene rings is 1. The largest absolute Gasteiger partial charge is 0.497 e. The van der Waals surface area contributed by atoms with Crippen molar-refractivity contribution in [1.82, 2.24) is 9.97 Å². The van der Waals surface area contributed by atoms with Gasteiger partial charge < -0.3 is 14.8 Å². The van der Waals surface area contributed by atoms with E-state index in [9.17, 15) is 0 Å². The summed E-state index contributed by atoms with van der Waals surface area (Å²) in [6.45, 7) is 6.46. The zero-order chi connectivity index (χ0) is 16.6. The lowest BCUT2D eigenvalue weighted by Gasteiger charge is -2.14. The van der Waals surface area contributed by atoms with Gasteiger partial charge in [0.25, 0.3) is 0 Å². The van der Waals surface area contributed by atoms with Crippen LogP contribution in [0.4, 0.5) is 10.3 Å². The van der Waals surface area contributed by atoms with Crippen LogP contribution in [0.2, 0.25) is 0 Å². The van der Waals surface area contributed by atoms with Gasteiger partial charge >= 0.3 is 0 Å². The summed E-state index contributed by atoms with van der Waals surface area (Å²) in [5, 5.41) is 7.02. The maximum atomic E-state index is 5.41. The van der Waals surface area contributed by atoms with Crippen molar-refractivity contribution in [2.45, 2.75) is 26.2 Å². The number of nitrogens with zero attached hydrogens (tertiary/aromatic N) is 2. The number of thiazole rings is 2. The Morgan fingerprint density at radius 1 is 1.04 bits per heavy atom. The zero-order valence-electron chi connectivity index (χ0n) is 13.8. The van der Waals surface area contributed by atoms with Gasteiger partial charge in [-0.2, -0.15) is 0 Å². The third-order valence-electron chi connectivity index (χ3n) is 3.38. The summed E-state index contributed by atoms with van der Waals surface area (Å²) in [5.74, 6) is 1.46. The molecule has 0 amide bonds. The molecular formula is C16H19N3O2S2. The first-order valence-corrected chi connectivity index (χ1v) is 8.86. The van der Waals surface area contributed by atoms with Crippen molar-refractivity contribution in [3.63, 3.8) is 0 Å². The summed E-state index contributed by atoms with van der Waals surface area (Å²) in [6.07, 6.45) is 0. The molecule has 0 atom stereocenters. The molecule has 2 heterocycles. The first kappa shape index (κ1) is 16.0. The molecule has 0 unspecified atom stereocenters. The standard InChI is InChI=1S/C16H19N3O2S2/c1-16(2,3)12-8-22-14(17-12)19-15-18-13-10(21-5)6-9(20-4)7-11(13)23-15/h6-8H,1-5H3,(H,17,18,19). The second kappa shape index (κ2) is 5.98. The highest BCUT2D eigenvalue weighted by Gasteiger charge is 2.18. The van der Waals surface area contributed by atoms with Crippen LogP contribution in [-0.4, -0.2) is 24.2 Å². The van der Waals surface area contributed by atoms with Crippen LogP contribution in [-0.2, 0) is 5.41 Å². The molecule has 122 valence electrons. The molecule has 1 aromatic carbocycles. The van der Waals surface area contributed by atoms with Crippen LogP contribution in [0.1, 0.15) is 26.5 Å². The predicted molar refractivity (Wildman–Crippen MR) is 96.8 cm³/mol. The number of fused-ring (bicyclic) bond motifs is 1. The van der Waals surface area contributed by atoms with E-state index in [4.69, 9.17) is 9.47 Å². The Kier molecular flexibility index (Phi) is 4.16. The van der Waals surface area contributed by atoms with Gasteiger partial charge in [0.1, 0.15) is 17.0 Å². The number of rotatable bonds is 4. The molecule has 5 nitrogen and oxygen atoms in total. The van der Waals surface area contributed by atoms with Crippen molar-refractivity contribution in [2.24, 2.45) is 0 Å². The molecule has 0 fully saturated rings. The minimum atomic E-state index is 0.0423. The van der Waals surface area contributed by atoms with Crippen molar-refractivity contribution in [3.05, 3.63) is 23.2 Å². The average Bonchev–Trinajstić information content (AvgIpc) is 3.12. The number of methoxy groups -OCH3 is 2. The van der Waals surface area contributed by atoms with E-state index in [1.807, 2.05) is 12.1 Å². The molecule has 1 N–H and O–H groups in total. The summed E-state index contributed by atoms with van der Waals surface area (Å²) in [6, 6.07) is 3.80. The van der Waals surface area contributed by atoms with Gasteiger partial charge in [-0.3, -0.25) is 0 Å². The van der Waals surface area contributed by atoms with Gasteiger partial charge in [-0.1, -0.05) is 32.1 Å². The molecule has 3 rings (SSSR count). The van der Waals surface area contributed by atoms with Crippen LogP contribution in [0, 0.1) is 0 Å². The van der Waals surface area contributed by atoms with Crippen LogP contribution in [0.5, 0.6) is 11.5 Å². The summed E-state index contributed by atoms with van der Waals surface area (Å²) in [5.41, 5.74) is 1.94. The lowest BCUT2D eigenvalue weighted by molar-refractivity contribution is 0.397. The lowest BCUT2D eigenvalue weighted by atomic mass is 9.93. The van der Waals surface area contributed by atoms with E-state index in [-0.39, 0.29) is 5.41 Å². The molecule has 2 aromatic heterocycles. The van der Waals surface area contributed by atoms with E-state index >= 15 is 0 Å². The quantitative estimate of drug-likeness (QED) is 0.732. The summed E-state index contributed by atoms with van der Waals surface area (Å²) in [4.78, 5) is 9.26. The molecule has 0 aliphatic rings. The third-order valence-corrected chi connectivity index (χ3v) is 5.05. The summed E-state index contributed by atoms with van der Waals surface area (Å²) in [7, 11) is 3.28. The Morgan fingerprint density at radius 2 is 1.83 bits per heavy atom. The normalized spacial score (nSPS) is 11.7. The van der Waals surface area contributed by atoms with Crippen molar-refractivity contribution >= 4 is 43.2 Å². The van der Waals surface area contributed by atoms with Gasteiger partial charge in [0, 0.05) is 16.9 Å². The van der Waals surface area contributed by atoms with E-state index in [1.165, 1.54) is 0 Å². The number of aromatic nitrogens is 2. The minimum absolute atomic E-state index is 0.0423. The molecule has 0 radical (unpaired) electrons. The van der Waals surface area contributed by atoms with Gasteiger partial charge in [0.15, 0.2) is 10.3 Å². The average molecular weight is 349 g/mol. The van der Waals surface area contributed by atoms with E-state index < -0.39 is 0 Å². The van der Waals surface area contributed by atoms with Crippen molar-refractivity contribution in [3.8, 4) is 11.5 Å². The Morgan fingerprint density at radius 3 is 2.43 bits per heavy atom. The fourth-order valence-electron chi connectivity index (χ4n) is 2.07. The first-order valence-electron chi connectivity index (χ1n) is 7.16. The Bertz CT molecular complexity index is 834. The van der Waals surface area contributed by atoms with Crippen LogP contribution in [0.15, 0.2) is 17.5 Å². The van der Waals surface area contributed by atoms with E-state index in [2.05, 4.69) is 41.4 Å². The van der Waals surface area contributed by atoms with E-state index in [0.29, 0.717) is 5.75 Å². The van der Waals surface area contributed by atoms with Crippen LogP contribution in [0.3, 0.4) is 0 Å². The molecule has 0 saturated carbocycles. The molecule has 23 heavy (non-hydrogen) atoms. The van der Waals surface area contributed by atoms with Gasteiger partial charge in [-0.25, -0.2) is 9.97 Å². The van der Waals surface area contributed by atoms with Gasteiger partial charge in [-0.15, -0.1) is 11.3 Å². The SMILES string of the molecule is COc1cc(OC)c2nc(Nc3nc(C(C)(C)C)cs3)sc2c1. The van der Waals surface area contributed by atoms with Gasteiger partial charge in [0.05, 0.1) is 24.6 Å². The fraction of sp³-hybridized carbons (Fsp3) is 0.375. The number of hydrogen-bond acceptors (Lipinski definition) is 7. The molecule has 0 aliphatic heterocycles. The highest BCUT2D eigenvalue weighted by Crippen LogP contribution is 2.37. The van der Waals surface area contributed by atoms with Crippen LogP contribution >= 0.6 is 22.7 Å². The van der Waals surface area contributed by atoms with Crippen molar-refractivity contribution in [1.29, 1.82) is 0 Å². The fourth-order valence-corrected chi connectivity index (χ4v) is 3.98. The Balaban J connectivity index is 1.93. The van der Waals surface area contributed by atoms with Gasteiger partial charge in [-0.05, 0) is 6.07 Å². The molecule has 0 saturated heterocycles. The van der Waals surface area contributed by atoms with Crippen molar-refractivity contribution < 1.29 is 9.47 Å². The number of ether oxygens (including phenoxy) is 2. The molecule has 7 heteroatoms. The van der Waals surface area contributed by atoms with E-state index in [1.54, 1.807) is 36.9 Å². The van der Waals surface area contributed by atoms with Crippen molar-refractivity contribution in [2.75, 3.05) is 19.5 Å². The zero-order valence-corrected chi connectivity index (χ0v) is 15.4.